The Morgan fingerprint density at radius 3 is 2.55 bits per heavy atom. The van der Waals surface area contributed by atoms with Crippen molar-refractivity contribution in [1.29, 1.82) is 0 Å². The number of nitro benzene ring substituents is 1. The Kier molecular flexibility index (Phi) is 4.95. The summed E-state index contributed by atoms with van der Waals surface area (Å²) in [6, 6.07) is 3.79. The average molecular weight is 323 g/mol. The molecule has 0 saturated carbocycles. The van der Waals surface area contributed by atoms with Gasteiger partial charge in [-0.25, -0.2) is 13.6 Å². The van der Waals surface area contributed by atoms with Crippen LogP contribution in [-0.2, 0) is 10.0 Å². The number of nitrogens with two attached hydrogens (primary N) is 1. The number of hydrogen-bond acceptors (Lipinski definition) is 5. The first-order valence-electron chi connectivity index (χ1n) is 5.57. The third-order valence-electron chi connectivity index (χ3n) is 2.34. The van der Waals surface area contributed by atoms with E-state index in [1.807, 2.05) is 0 Å². The molecule has 0 atom stereocenters. The summed E-state index contributed by atoms with van der Waals surface area (Å²) in [7, 11) is -3.64. The molecule has 0 amide bonds. The van der Waals surface area contributed by atoms with Crippen LogP contribution < -0.4 is 9.88 Å². The first-order chi connectivity index (χ1) is 9.00. The van der Waals surface area contributed by atoms with Crippen molar-refractivity contribution < 1.29 is 18.1 Å². The summed E-state index contributed by atoms with van der Waals surface area (Å²) >= 11 is 5.87. The largest absolute Gasteiger partial charge is 0.491 e. The molecule has 7 nitrogen and oxygen atoms in total. The maximum atomic E-state index is 11.1. The summed E-state index contributed by atoms with van der Waals surface area (Å²) < 4.78 is 27.5. The lowest BCUT2D eigenvalue weighted by atomic mass is 9.98. The monoisotopic (exact) mass is 322 g/mol. The van der Waals surface area contributed by atoms with E-state index in [0.717, 1.165) is 0 Å². The molecule has 20 heavy (non-hydrogen) atoms. The van der Waals surface area contributed by atoms with Crippen LogP contribution in [0.4, 0.5) is 5.69 Å². The molecular weight excluding hydrogens is 308 g/mol. The number of sulfonamides is 1. The number of primary sulfonamides is 1. The first-order valence-corrected chi connectivity index (χ1v) is 7.67. The average Bonchev–Trinajstić information content (AvgIpc) is 2.24. The highest BCUT2D eigenvalue weighted by Crippen LogP contribution is 2.30. The summed E-state index contributed by atoms with van der Waals surface area (Å²) in [5.41, 5.74) is -0.907. The van der Waals surface area contributed by atoms with Gasteiger partial charge in [0.15, 0.2) is 0 Å². The molecule has 0 aliphatic carbocycles. The minimum atomic E-state index is -3.64. The van der Waals surface area contributed by atoms with Crippen LogP contribution in [0.5, 0.6) is 5.75 Å². The van der Waals surface area contributed by atoms with E-state index in [9.17, 15) is 18.5 Å². The van der Waals surface area contributed by atoms with E-state index in [-0.39, 0.29) is 28.8 Å². The van der Waals surface area contributed by atoms with Crippen LogP contribution in [-0.4, -0.2) is 25.7 Å². The van der Waals surface area contributed by atoms with Crippen LogP contribution in [0.3, 0.4) is 0 Å². The second kappa shape index (κ2) is 5.94. The fourth-order valence-corrected chi connectivity index (χ4v) is 2.92. The van der Waals surface area contributed by atoms with Crippen molar-refractivity contribution in [2.24, 2.45) is 10.6 Å². The topological polar surface area (TPSA) is 113 Å². The molecule has 0 bridgehead atoms. The summed E-state index contributed by atoms with van der Waals surface area (Å²) in [4.78, 5) is 10.1. The molecule has 2 N–H and O–H groups in total. The Balaban J connectivity index is 2.84. The number of rotatable bonds is 6. The van der Waals surface area contributed by atoms with Gasteiger partial charge in [0.05, 0.1) is 28.4 Å². The highest BCUT2D eigenvalue weighted by atomic mass is 35.5. The van der Waals surface area contributed by atoms with Crippen LogP contribution in [0.15, 0.2) is 18.2 Å². The number of halogens is 1. The van der Waals surface area contributed by atoms with Gasteiger partial charge in [-0.3, -0.25) is 10.1 Å². The van der Waals surface area contributed by atoms with Gasteiger partial charge in [-0.05, 0) is 6.07 Å². The lowest BCUT2D eigenvalue weighted by Gasteiger charge is -2.23. The zero-order valence-corrected chi connectivity index (χ0v) is 12.6. The Morgan fingerprint density at radius 2 is 2.05 bits per heavy atom. The lowest BCUT2D eigenvalue weighted by Crippen LogP contribution is -2.33. The minimum absolute atomic E-state index is 0.00428. The van der Waals surface area contributed by atoms with Crippen LogP contribution in [0.2, 0.25) is 5.02 Å². The van der Waals surface area contributed by atoms with Crippen molar-refractivity contribution >= 4 is 27.3 Å². The normalized spacial score (nSPS) is 12.2. The van der Waals surface area contributed by atoms with Gasteiger partial charge in [0, 0.05) is 11.5 Å². The molecule has 0 aliphatic rings. The van der Waals surface area contributed by atoms with Gasteiger partial charge in [0.25, 0.3) is 5.69 Å². The van der Waals surface area contributed by atoms with Crippen LogP contribution in [0, 0.1) is 15.5 Å². The predicted molar refractivity (Wildman–Crippen MR) is 75.4 cm³/mol. The van der Waals surface area contributed by atoms with Gasteiger partial charge >= 0.3 is 0 Å². The van der Waals surface area contributed by atoms with E-state index >= 15 is 0 Å². The molecule has 1 rings (SSSR count). The van der Waals surface area contributed by atoms with Gasteiger partial charge in [-0.2, -0.15) is 0 Å². The van der Waals surface area contributed by atoms with Crippen molar-refractivity contribution in [3.8, 4) is 5.75 Å². The SMILES string of the molecule is CC(C)(COc1cc([N+](=O)[O-])ccc1Cl)CS(N)(=O)=O. The number of hydrogen-bond donors (Lipinski definition) is 1. The summed E-state index contributed by atoms with van der Waals surface area (Å²) in [6.45, 7) is 3.32. The molecule has 1 aromatic rings. The molecule has 0 radical (unpaired) electrons. The molecular formula is C11H15ClN2O5S. The Morgan fingerprint density at radius 1 is 1.45 bits per heavy atom. The van der Waals surface area contributed by atoms with Crippen LogP contribution in [0.1, 0.15) is 13.8 Å². The highest BCUT2D eigenvalue weighted by molar-refractivity contribution is 7.89. The van der Waals surface area contributed by atoms with E-state index in [2.05, 4.69) is 0 Å². The van der Waals surface area contributed by atoms with E-state index in [1.54, 1.807) is 13.8 Å². The zero-order chi connectivity index (χ0) is 15.6. The lowest BCUT2D eigenvalue weighted by molar-refractivity contribution is -0.384. The fourth-order valence-electron chi connectivity index (χ4n) is 1.58. The molecule has 112 valence electrons. The van der Waals surface area contributed by atoms with E-state index in [0.29, 0.717) is 0 Å². The van der Waals surface area contributed by atoms with Crippen molar-refractivity contribution in [2.45, 2.75) is 13.8 Å². The maximum absolute atomic E-state index is 11.1. The third-order valence-corrected chi connectivity index (χ3v) is 3.83. The quantitative estimate of drug-likeness (QED) is 0.635. The Hall–Kier alpha value is -1.38. The molecule has 0 saturated heterocycles. The molecule has 0 aliphatic heterocycles. The van der Waals surface area contributed by atoms with Gasteiger partial charge < -0.3 is 4.74 Å². The number of benzene rings is 1. The number of nitro groups is 1. The summed E-state index contributed by atoms with van der Waals surface area (Å²) in [6.07, 6.45) is 0. The Bertz CT molecular complexity index is 615. The van der Waals surface area contributed by atoms with Gasteiger partial charge in [0.1, 0.15) is 5.75 Å². The van der Waals surface area contributed by atoms with Crippen molar-refractivity contribution in [3.63, 3.8) is 0 Å². The van der Waals surface area contributed by atoms with Crippen molar-refractivity contribution in [2.75, 3.05) is 12.4 Å². The van der Waals surface area contributed by atoms with E-state index < -0.39 is 20.4 Å². The van der Waals surface area contributed by atoms with Gasteiger partial charge in [-0.1, -0.05) is 25.4 Å². The molecule has 1 aromatic carbocycles. The Labute approximate surface area is 121 Å². The summed E-state index contributed by atoms with van der Waals surface area (Å²) in [5.74, 6) is -0.143. The smallest absolute Gasteiger partial charge is 0.273 e. The molecule has 0 fully saturated rings. The van der Waals surface area contributed by atoms with Gasteiger partial charge in [-0.15, -0.1) is 0 Å². The number of nitrogens with zero attached hydrogens (tertiary/aromatic N) is 1. The van der Waals surface area contributed by atoms with E-state index in [1.165, 1.54) is 18.2 Å². The molecule has 0 unspecified atom stereocenters. The van der Waals surface area contributed by atoms with Gasteiger partial charge in [0.2, 0.25) is 10.0 Å². The summed E-state index contributed by atoms with van der Waals surface area (Å²) in [5, 5.41) is 15.9. The molecule has 9 heteroatoms. The predicted octanol–water partition coefficient (Wildman–Crippen LogP) is 1.94. The standard InChI is InChI=1S/C11H15ClN2O5S/c1-11(2,7-20(13,17)18)6-19-10-5-8(14(15)16)3-4-9(10)12/h3-5H,6-7H2,1-2H3,(H2,13,17,18). The molecule has 0 spiro atoms. The second-order valence-corrected chi connectivity index (χ2v) is 7.15. The minimum Gasteiger partial charge on any atom is -0.491 e. The van der Waals surface area contributed by atoms with Crippen LogP contribution >= 0.6 is 11.6 Å². The van der Waals surface area contributed by atoms with Crippen LogP contribution in [0.25, 0.3) is 0 Å². The number of ether oxygens (including phenoxy) is 1. The molecule has 0 heterocycles. The number of non-ortho nitro benzene ring substituents is 1. The van der Waals surface area contributed by atoms with Crippen molar-refractivity contribution in [1.82, 2.24) is 0 Å². The maximum Gasteiger partial charge on any atom is 0.273 e. The van der Waals surface area contributed by atoms with E-state index in [4.69, 9.17) is 21.5 Å². The third kappa shape index (κ3) is 5.32. The first kappa shape index (κ1) is 16.7. The fraction of sp³-hybridized carbons (Fsp3) is 0.455. The second-order valence-electron chi connectivity index (χ2n) is 5.13. The zero-order valence-electron chi connectivity index (χ0n) is 11.0. The molecule has 0 aromatic heterocycles. The highest BCUT2D eigenvalue weighted by Gasteiger charge is 2.25. The van der Waals surface area contributed by atoms with Crippen molar-refractivity contribution in [3.05, 3.63) is 33.3 Å².